The Morgan fingerprint density at radius 3 is 2.74 bits per heavy atom. The molecular weight excluding hydrogens is 358 g/mol. The van der Waals surface area contributed by atoms with Crippen LogP contribution < -0.4 is 14.8 Å². The maximum Gasteiger partial charge on any atom is 0.233 e. The molecule has 2 atom stereocenters. The Bertz CT molecular complexity index is 793. The molecule has 1 amide bonds. The number of carbonyl (C=O) groups excluding carboxylic acids is 1. The molecule has 3 rings (SSSR count). The summed E-state index contributed by atoms with van der Waals surface area (Å²) >= 11 is 1.76. The highest BCUT2D eigenvalue weighted by atomic mass is 32.2. The van der Waals surface area contributed by atoms with Crippen LogP contribution in [0.1, 0.15) is 41.7 Å². The number of ether oxygens (including phenoxy) is 2. The zero-order chi connectivity index (χ0) is 19.2. The van der Waals surface area contributed by atoms with Gasteiger partial charge in [0.25, 0.3) is 0 Å². The lowest BCUT2D eigenvalue weighted by Crippen LogP contribution is -2.31. The van der Waals surface area contributed by atoms with E-state index in [1.807, 2.05) is 25.1 Å². The summed E-state index contributed by atoms with van der Waals surface area (Å²) in [5, 5.41) is 3.35. The van der Waals surface area contributed by atoms with Crippen molar-refractivity contribution in [2.24, 2.45) is 0 Å². The third-order valence-corrected chi connectivity index (χ3v) is 6.41. The minimum atomic E-state index is -0.0960. The molecule has 0 saturated carbocycles. The molecule has 1 aliphatic rings. The largest absolute Gasteiger partial charge is 0.493 e. The molecule has 0 fully saturated rings. The smallest absolute Gasteiger partial charge is 0.233 e. The first-order valence-corrected chi connectivity index (χ1v) is 10.3. The molecule has 2 aromatic carbocycles. The number of hydrogen-bond acceptors (Lipinski definition) is 4. The van der Waals surface area contributed by atoms with Crippen LogP contribution in [0.2, 0.25) is 0 Å². The number of methoxy groups -OCH3 is 2. The van der Waals surface area contributed by atoms with E-state index in [0.29, 0.717) is 23.3 Å². The van der Waals surface area contributed by atoms with Gasteiger partial charge in [0.05, 0.1) is 19.5 Å². The number of carbonyl (C=O) groups is 1. The third-order valence-electron chi connectivity index (χ3n) is 4.97. The summed E-state index contributed by atoms with van der Waals surface area (Å²) in [6, 6.07) is 14.3. The van der Waals surface area contributed by atoms with Crippen LogP contribution in [0.5, 0.6) is 11.5 Å². The molecule has 0 aromatic heterocycles. The second kappa shape index (κ2) is 9.18. The predicted octanol–water partition coefficient (Wildman–Crippen LogP) is 4.52. The second-order valence-corrected chi connectivity index (χ2v) is 8.31. The lowest BCUT2D eigenvalue weighted by atomic mass is 9.91. The number of aryl methyl sites for hydroxylation is 1. The van der Waals surface area contributed by atoms with E-state index >= 15 is 0 Å². The first kappa shape index (κ1) is 19.6. The maximum absolute atomic E-state index is 12.6. The molecule has 2 aromatic rings. The van der Waals surface area contributed by atoms with E-state index in [4.69, 9.17) is 9.47 Å². The lowest BCUT2D eigenvalue weighted by Gasteiger charge is -2.27. The Labute approximate surface area is 165 Å². The van der Waals surface area contributed by atoms with Crippen LogP contribution in [0.3, 0.4) is 0 Å². The zero-order valence-corrected chi connectivity index (χ0v) is 17.0. The van der Waals surface area contributed by atoms with Crippen molar-refractivity contribution in [3.63, 3.8) is 0 Å². The Hall–Kier alpha value is -2.14. The van der Waals surface area contributed by atoms with Crippen LogP contribution in [0.15, 0.2) is 42.5 Å². The molecule has 0 bridgehead atoms. The number of hydrogen-bond donors (Lipinski definition) is 1. The van der Waals surface area contributed by atoms with Crippen LogP contribution in [-0.2, 0) is 17.8 Å². The van der Waals surface area contributed by atoms with Crippen molar-refractivity contribution in [2.45, 2.75) is 43.2 Å². The van der Waals surface area contributed by atoms with E-state index in [1.54, 1.807) is 26.0 Å². The molecule has 27 heavy (non-hydrogen) atoms. The molecule has 1 aliphatic carbocycles. The Balaban J connectivity index is 1.57. The summed E-state index contributed by atoms with van der Waals surface area (Å²) in [5.74, 6) is 1.43. The minimum absolute atomic E-state index is 0.0674. The van der Waals surface area contributed by atoms with Crippen molar-refractivity contribution < 1.29 is 14.3 Å². The van der Waals surface area contributed by atoms with Crippen LogP contribution in [0, 0.1) is 0 Å². The van der Waals surface area contributed by atoms with Gasteiger partial charge in [0.2, 0.25) is 5.91 Å². The molecule has 2 unspecified atom stereocenters. The Kier molecular flexibility index (Phi) is 6.67. The van der Waals surface area contributed by atoms with Crippen molar-refractivity contribution in [3.05, 3.63) is 59.2 Å². The first-order chi connectivity index (χ1) is 13.1. The quantitative estimate of drug-likeness (QED) is 0.761. The molecule has 4 nitrogen and oxygen atoms in total. The van der Waals surface area contributed by atoms with Crippen LogP contribution >= 0.6 is 11.8 Å². The number of rotatable bonds is 7. The summed E-state index contributed by atoms with van der Waals surface area (Å²) in [5.41, 5.74) is 3.81. The van der Waals surface area contributed by atoms with E-state index < -0.39 is 0 Å². The molecule has 144 valence electrons. The maximum atomic E-state index is 12.6. The van der Waals surface area contributed by atoms with Crippen molar-refractivity contribution in [3.8, 4) is 11.5 Å². The summed E-state index contributed by atoms with van der Waals surface area (Å²) in [6.07, 6.45) is 3.47. The van der Waals surface area contributed by atoms with Crippen molar-refractivity contribution in [2.75, 3.05) is 14.2 Å². The summed E-state index contributed by atoms with van der Waals surface area (Å²) in [6.45, 7) is 2.47. The van der Waals surface area contributed by atoms with E-state index in [9.17, 15) is 4.79 Å². The molecule has 0 heterocycles. The fraction of sp³-hybridized carbons (Fsp3) is 0.409. The summed E-state index contributed by atoms with van der Waals surface area (Å²) < 4.78 is 10.6. The molecule has 1 N–H and O–H groups in total. The van der Waals surface area contributed by atoms with E-state index in [2.05, 4.69) is 29.6 Å². The van der Waals surface area contributed by atoms with Gasteiger partial charge in [0.15, 0.2) is 11.5 Å². The Morgan fingerprint density at radius 2 is 1.96 bits per heavy atom. The number of thioether (sulfide) groups is 1. The van der Waals surface area contributed by atoms with Gasteiger partial charge in [-0.05, 0) is 55.0 Å². The molecule has 0 radical (unpaired) electrons. The molecule has 0 aliphatic heterocycles. The van der Waals surface area contributed by atoms with Crippen LogP contribution in [0.25, 0.3) is 0 Å². The Morgan fingerprint density at radius 1 is 1.19 bits per heavy atom. The minimum Gasteiger partial charge on any atom is -0.493 e. The van der Waals surface area contributed by atoms with Crippen molar-refractivity contribution in [1.29, 1.82) is 0 Å². The molecule has 0 spiro atoms. The fourth-order valence-electron chi connectivity index (χ4n) is 3.48. The van der Waals surface area contributed by atoms with Gasteiger partial charge in [0.1, 0.15) is 0 Å². The van der Waals surface area contributed by atoms with Crippen LogP contribution in [-0.4, -0.2) is 25.4 Å². The summed E-state index contributed by atoms with van der Waals surface area (Å²) in [4.78, 5) is 12.6. The fourth-order valence-corrected chi connectivity index (χ4v) is 4.86. The number of fused-ring (bicyclic) bond motifs is 1. The normalized spacial score (nSPS) is 16.9. The average Bonchev–Trinajstić information content (AvgIpc) is 2.71. The van der Waals surface area contributed by atoms with Gasteiger partial charge in [-0.15, -0.1) is 11.8 Å². The van der Waals surface area contributed by atoms with E-state index in [1.165, 1.54) is 17.5 Å². The highest BCUT2D eigenvalue weighted by Crippen LogP contribution is 2.41. The van der Waals surface area contributed by atoms with Gasteiger partial charge in [-0.2, -0.15) is 0 Å². The SMILES string of the molecule is COc1ccc(CNC(=O)C(C)SC2CCCc3ccccc32)cc1OC. The first-order valence-electron chi connectivity index (χ1n) is 9.34. The van der Waals surface area contributed by atoms with Gasteiger partial charge in [-0.3, -0.25) is 4.79 Å². The number of nitrogens with one attached hydrogen (secondary N) is 1. The van der Waals surface area contributed by atoms with Crippen molar-refractivity contribution >= 4 is 17.7 Å². The highest BCUT2D eigenvalue weighted by molar-refractivity contribution is 8.00. The lowest BCUT2D eigenvalue weighted by molar-refractivity contribution is -0.120. The summed E-state index contributed by atoms with van der Waals surface area (Å²) in [7, 11) is 3.22. The average molecular weight is 386 g/mol. The van der Waals surface area contributed by atoms with Gasteiger partial charge >= 0.3 is 0 Å². The third kappa shape index (κ3) is 4.78. The van der Waals surface area contributed by atoms with Gasteiger partial charge in [0, 0.05) is 11.8 Å². The monoisotopic (exact) mass is 385 g/mol. The highest BCUT2D eigenvalue weighted by Gasteiger charge is 2.25. The molecular formula is C22H27NO3S. The number of benzene rings is 2. The number of amides is 1. The van der Waals surface area contributed by atoms with Crippen molar-refractivity contribution in [1.82, 2.24) is 5.32 Å². The second-order valence-electron chi connectivity index (χ2n) is 6.77. The van der Waals surface area contributed by atoms with E-state index in [0.717, 1.165) is 18.4 Å². The topological polar surface area (TPSA) is 47.6 Å². The van der Waals surface area contributed by atoms with Crippen LogP contribution in [0.4, 0.5) is 0 Å². The molecule has 0 saturated heterocycles. The van der Waals surface area contributed by atoms with Gasteiger partial charge in [-0.1, -0.05) is 30.3 Å². The standard InChI is InChI=1S/C22H27NO3S/c1-15(27-21-10-6-8-17-7-4-5-9-18(17)21)22(24)23-14-16-11-12-19(25-2)20(13-16)26-3/h4-5,7,9,11-13,15,21H,6,8,10,14H2,1-3H3,(H,23,24). The van der Waals surface area contributed by atoms with E-state index in [-0.39, 0.29) is 11.2 Å². The van der Waals surface area contributed by atoms with Gasteiger partial charge in [-0.25, -0.2) is 0 Å². The molecule has 5 heteroatoms. The zero-order valence-electron chi connectivity index (χ0n) is 16.2. The predicted molar refractivity (Wildman–Crippen MR) is 111 cm³/mol. The van der Waals surface area contributed by atoms with Gasteiger partial charge < -0.3 is 14.8 Å².